The number of nitrogens with one attached hydrogen (secondary N) is 2. The van der Waals surface area contributed by atoms with E-state index in [1.54, 1.807) is 0 Å². The summed E-state index contributed by atoms with van der Waals surface area (Å²) in [5.41, 5.74) is 0.605. The summed E-state index contributed by atoms with van der Waals surface area (Å²) in [6, 6.07) is 7.91. The van der Waals surface area contributed by atoms with Gasteiger partial charge in [-0.3, -0.25) is 4.79 Å². The van der Waals surface area contributed by atoms with Gasteiger partial charge in [-0.2, -0.15) is 11.8 Å². The Kier molecular flexibility index (Phi) is 7.34. The summed E-state index contributed by atoms with van der Waals surface area (Å²) >= 11 is 7.92. The lowest BCUT2D eigenvalue weighted by Gasteiger charge is -2.29. The van der Waals surface area contributed by atoms with Gasteiger partial charge in [0.05, 0.1) is 5.54 Å². The number of hydrogen-bond acceptors (Lipinski definition) is 3. The van der Waals surface area contributed by atoms with Gasteiger partial charge < -0.3 is 10.6 Å². The van der Waals surface area contributed by atoms with Crippen LogP contribution in [0.25, 0.3) is 0 Å². The summed E-state index contributed by atoms with van der Waals surface area (Å²) in [6.07, 6.45) is 0.525. The van der Waals surface area contributed by atoms with E-state index >= 15 is 0 Å². The molecule has 2 rings (SSSR count). The van der Waals surface area contributed by atoms with Crippen LogP contribution in [0.3, 0.4) is 0 Å². The highest BCUT2D eigenvalue weighted by atomic mass is 35.5. The first-order valence-electron chi connectivity index (χ1n) is 6.85. The summed E-state index contributed by atoms with van der Waals surface area (Å²) in [4.78, 5) is 12.2. The third-order valence-corrected chi connectivity index (χ3v) is 4.79. The molecular weight excluding hydrogens is 327 g/mol. The van der Waals surface area contributed by atoms with Gasteiger partial charge in [0.2, 0.25) is 5.91 Å². The van der Waals surface area contributed by atoms with Crippen molar-refractivity contribution in [3.8, 4) is 0 Å². The molecule has 1 atom stereocenters. The Balaban J connectivity index is 0.00000220. The molecule has 0 bridgehead atoms. The molecule has 1 aromatic carbocycles. The predicted octanol–water partition coefficient (Wildman–Crippen LogP) is 3.21. The van der Waals surface area contributed by atoms with E-state index in [9.17, 15) is 4.79 Å². The minimum Gasteiger partial charge on any atom is -0.347 e. The smallest absolute Gasteiger partial charge is 0.222 e. The molecule has 1 unspecified atom stereocenters. The van der Waals surface area contributed by atoms with Crippen LogP contribution in [-0.2, 0) is 10.3 Å². The van der Waals surface area contributed by atoms with Gasteiger partial charge in [-0.05, 0) is 31.5 Å². The van der Waals surface area contributed by atoms with Crippen LogP contribution in [0.1, 0.15) is 25.8 Å². The lowest BCUT2D eigenvalue weighted by atomic mass is 9.94. The van der Waals surface area contributed by atoms with Crippen molar-refractivity contribution in [1.82, 2.24) is 10.6 Å². The van der Waals surface area contributed by atoms with Gasteiger partial charge in [-0.1, -0.05) is 23.7 Å². The van der Waals surface area contributed by atoms with Crippen molar-refractivity contribution in [2.45, 2.75) is 31.8 Å². The van der Waals surface area contributed by atoms with Crippen molar-refractivity contribution in [2.24, 2.45) is 0 Å². The maximum atomic E-state index is 12.2. The summed E-state index contributed by atoms with van der Waals surface area (Å²) in [5.74, 6) is 2.21. The zero-order valence-electron chi connectivity index (χ0n) is 12.3. The Morgan fingerprint density at radius 3 is 2.90 bits per heavy atom. The number of carbonyl (C=O) groups is 1. The van der Waals surface area contributed by atoms with E-state index in [4.69, 9.17) is 11.6 Å². The monoisotopic (exact) mass is 348 g/mol. The quantitative estimate of drug-likeness (QED) is 0.877. The molecule has 0 aliphatic carbocycles. The maximum Gasteiger partial charge on any atom is 0.222 e. The molecule has 118 valence electrons. The normalized spacial score (nSPS) is 18.7. The number of halogens is 2. The first kappa shape index (κ1) is 18.6. The SMILES string of the molecule is CC(C)(NC(=O)CC1CSCCN1)c1cccc(Cl)c1.Cl. The molecule has 0 radical (unpaired) electrons. The standard InChI is InChI=1S/C15H21ClN2OS.ClH/c1-15(2,11-4-3-5-12(16)8-11)18-14(19)9-13-10-20-7-6-17-13;/h3-5,8,13,17H,6-7,9-10H2,1-2H3,(H,18,19);1H. The number of benzene rings is 1. The van der Waals surface area contributed by atoms with E-state index in [0.717, 1.165) is 23.6 Å². The van der Waals surface area contributed by atoms with E-state index in [0.29, 0.717) is 11.4 Å². The van der Waals surface area contributed by atoms with Crippen LogP contribution >= 0.6 is 35.8 Å². The van der Waals surface area contributed by atoms with E-state index in [2.05, 4.69) is 10.6 Å². The van der Waals surface area contributed by atoms with Gasteiger partial charge in [0.1, 0.15) is 0 Å². The van der Waals surface area contributed by atoms with Gasteiger partial charge in [0.25, 0.3) is 0 Å². The molecule has 1 fully saturated rings. The van der Waals surface area contributed by atoms with Crippen LogP contribution < -0.4 is 10.6 Å². The molecule has 21 heavy (non-hydrogen) atoms. The van der Waals surface area contributed by atoms with Crippen LogP contribution in [0, 0.1) is 0 Å². The maximum absolute atomic E-state index is 12.2. The molecule has 1 aliphatic heterocycles. The molecule has 2 N–H and O–H groups in total. The summed E-state index contributed by atoms with van der Waals surface area (Å²) in [7, 11) is 0. The Hall–Kier alpha value is -0.420. The second-order valence-electron chi connectivity index (χ2n) is 5.61. The molecule has 0 saturated carbocycles. The van der Waals surface area contributed by atoms with Gasteiger partial charge >= 0.3 is 0 Å². The van der Waals surface area contributed by atoms with Crippen molar-refractivity contribution in [2.75, 3.05) is 18.1 Å². The Bertz CT molecular complexity index is 476. The Morgan fingerprint density at radius 1 is 1.52 bits per heavy atom. The van der Waals surface area contributed by atoms with Crippen molar-refractivity contribution in [3.05, 3.63) is 34.9 Å². The number of thioether (sulfide) groups is 1. The highest BCUT2D eigenvalue weighted by Crippen LogP contribution is 2.23. The number of rotatable bonds is 4. The highest BCUT2D eigenvalue weighted by Gasteiger charge is 2.25. The zero-order chi connectivity index (χ0) is 14.6. The van der Waals surface area contributed by atoms with E-state index in [1.165, 1.54) is 0 Å². The van der Waals surface area contributed by atoms with Crippen LogP contribution in [0.2, 0.25) is 5.02 Å². The molecule has 1 heterocycles. The van der Waals surface area contributed by atoms with E-state index in [-0.39, 0.29) is 24.4 Å². The second kappa shape index (κ2) is 8.28. The van der Waals surface area contributed by atoms with Gasteiger partial charge in [-0.25, -0.2) is 0 Å². The molecule has 0 aromatic heterocycles. The second-order valence-corrected chi connectivity index (χ2v) is 7.20. The fraction of sp³-hybridized carbons (Fsp3) is 0.533. The van der Waals surface area contributed by atoms with E-state index < -0.39 is 5.54 Å². The summed E-state index contributed by atoms with van der Waals surface area (Å²) < 4.78 is 0. The highest BCUT2D eigenvalue weighted by molar-refractivity contribution is 7.99. The fourth-order valence-corrected chi connectivity index (χ4v) is 3.46. The lowest BCUT2D eigenvalue weighted by Crippen LogP contribution is -2.46. The zero-order valence-corrected chi connectivity index (χ0v) is 14.7. The summed E-state index contributed by atoms with van der Waals surface area (Å²) in [5, 5.41) is 7.17. The average molecular weight is 349 g/mol. The minimum absolute atomic E-state index is 0. The van der Waals surface area contributed by atoms with Gasteiger partial charge in [0.15, 0.2) is 0 Å². The lowest BCUT2D eigenvalue weighted by molar-refractivity contribution is -0.123. The number of hydrogen-bond donors (Lipinski definition) is 2. The molecule has 0 spiro atoms. The molecule has 1 amide bonds. The minimum atomic E-state index is -0.413. The number of carbonyl (C=O) groups excluding carboxylic acids is 1. The molecule has 1 aromatic rings. The molecule has 6 heteroatoms. The molecule has 1 aliphatic rings. The van der Waals surface area contributed by atoms with Crippen molar-refractivity contribution < 1.29 is 4.79 Å². The predicted molar refractivity (Wildman–Crippen MR) is 93.6 cm³/mol. The van der Waals surface area contributed by atoms with Crippen LogP contribution in [0.5, 0.6) is 0 Å². The van der Waals surface area contributed by atoms with Crippen LogP contribution in [-0.4, -0.2) is 30.0 Å². The fourth-order valence-electron chi connectivity index (χ4n) is 2.32. The van der Waals surface area contributed by atoms with Crippen LogP contribution in [0.15, 0.2) is 24.3 Å². The Labute approximate surface area is 142 Å². The first-order valence-corrected chi connectivity index (χ1v) is 8.39. The third kappa shape index (κ3) is 5.70. The van der Waals surface area contributed by atoms with Crippen molar-refractivity contribution >= 4 is 41.7 Å². The topological polar surface area (TPSA) is 41.1 Å². The molecule has 1 saturated heterocycles. The van der Waals surface area contributed by atoms with E-state index in [1.807, 2.05) is 49.9 Å². The van der Waals surface area contributed by atoms with Crippen LogP contribution in [0.4, 0.5) is 0 Å². The molecule has 3 nitrogen and oxygen atoms in total. The Morgan fingerprint density at radius 2 is 2.29 bits per heavy atom. The molecular formula is C15H22Cl2N2OS. The van der Waals surface area contributed by atoms with Gasteiger partial charge in [0, 0.05) is 35.5 Å². The van der Waals surface area contributed by atoms with Gasteiger partial charge in [-0.15, -0.1) is 12.4 Å². The van der Waals surface area contributed by atoms with Crippen molar-refractivity contribution in [3.63, 3.8) is 0 Å². The largest absolute Gasteiger partial charge is 0.347 e. The third-order valence-electron chi connectivity index (χ3n) is 3.43. The first-order chi connectivity index (χ1) is 9.47. The number of amides is 1. The summed E-state index contributed by atoms with van der Waals surface area (Å²) in [6.45, 7) is 4.99. The average Bonchev–Trinajstić information content (AvgIpc) is 2.39. The van der Waals surface area contributed by atoms with Crippen molar-refractivity contribution in [1.29, 1.82) is 0 Å².